The SMILES string of the molecule is COc1ccc(S(=O)(=O)N(CC(=O)NCCOCc2ccccc2)c2cc(C)cc(C)c2)cc1OC. The second kappa shape index (κ2) is 12.4. The summed E-state index contributed by atoms with van der Waals surface area (Å²) in [4.78, 5) is 12.8. The number of ether oxygens (including phenoxy) is 3. The maximum absolute atomic E-state index is 13.7. The van der Waals surface area contributed by atoms with Crippen molar-refractivity contribution in [3.8, 4) is 11.5 Å². The van der Waals surface area contributed by atoms with Gasteiger partial charge in [-0.1, -0.05) is 36.4 Å². The van der Waals surface area contributed by atoms with E-state index < -0.39 is 22.5 Å². The van der Waals surface area contributed by atoms with Crippen LogP contribution >= 0.6 is 0 Å². The van der Waals surface area contributed by atoms with Gasteiger partial charge in [0.05, 0.1) is 38.0 Å². The van der Waals surface area contributed by atoms with Crippen molar-refractivity contribution in [2.75, 3.05) is 38.2 Å². The van der Waals surface area contributed by atoms with Crippen LogP contribution in [0.3, 0.4) is 0 Å². The molecule has 0 fully saturated rings. The molecule has 3 aromatic rings. The van der Waals surface area contributed by atoms with E-state index in [1.807, 2.05) is 50.2 Å². The van der Waals surface area contributed by atoms with Gasteiger partial charge in [-0.3, -0.25) is 9.10 Å². The number of rotatable bonds is 12. The first kappa shape index (κ1) is 27.0. The Morgan fingerprint density at radius 1 is 0.889 bits per heavy atom. The molecule has 3 aromatic carbocycles. The van der Waals surface area contributed by atoms with E-state index in [9.17, 15) is 13.2 Å². The molecule has 9 heteroatoms. The number of amides is 1. The maximum atomic E-state index is 13.7. The fraction of sp³-hybridized carbons (Fsp3) is 0.296. The summed E-state index contributed by atoms with van der Waals surface area (Å²) in [6.45, 7) is 4.34. The van der Waals surface area contributed by atoms with Crippen LogP contribution in [0, 0.1) is 13.8 Å². The van der Waals surface area contributed by atoms with Gasteiger partial charge in [0, 0.05) is 12.6 Å². The first-order valence-electron chi connectivity index (χ1n) is 11.5. The Morgan fingerprint density at radius 2 is 1.56 bits per heavy atom. The number of hydrogen-bond donors (Lipinski definition) is 1. The van der Waals surface area contributed by atoms with Crippen molar-refractivity contribution in [1.82, 2.24) is 5.32 Å². The van der Waals surface area contributed by atoms with Crippen LogP contribution in [0.4, 0.5) is 5.69 Å². The van der Waals surface area contributed by atoms with Gasteiger partial charge >= 0.3 is 0 Å². The van der Waals surface area contributed by atoms with Crippen molar-refractivity contribution < 1.29 is 27.4 Å². The number of methoxy groups -OCH3 is 2. The monoisotopic (exact) mass is 512 g/mol. The van der Waals surface area contributed by atoms with Crippen LogP contribution in [0.15, 0.2) is 71.6 Å². The Kier molecular flexibility index (Phi) is 9.32. The molecule has 0 aliphatic carbocycles. The zero-order valence-corrected chi connectivity index (χ0v) is 21.8. The maximum Gasteiger partial charge on any atom is 0.264 e. The minimum Gasteiger partial charge on any atom is -0.493 e. The molecule has 36 heavy (non-hydrogen) atoms. The predicted molar refractivity (Wildman–Crippen MR) is 139 cm³/mol. The minimum absolute atomic E-state index is 0.0155. The summed E-state index contributed by atoms with van der Waals surface area (Å²) >= 11 is 0. The van der Waals surface area contributed by atoms with Gasteiger partial charge in [0.2, 0.25) is 5.91 Å². The van der Waals surface area contributed by atoms with E-state index in [1.54, 1.807) is 12.1 Å². The van der Waals surface area contributed by atoms with Gasteiger partial charge < -0.3 is 19.5 Å². The van der Waals surface area contributed by atoms with Crippen LogP contribution < -0.4 is 19.1 Å². The molecule has 8 nitrogen and oxygen atoms in total. The molecule has 192 valence electrons. The highest BCUT2D eigenvalue weighted by molar-refractivity contribution is 7.92. The lowest BCUT2D eigenvalue weighted by Crippen LogP contribution is -2.41. The number of sulfonamides is 1. The highest BCUT2D eigenvalue weighted by Gasteiger charge is 2.28. The van der Waals surface area contributed by atoms with Gasteiger partial charge in [-0.15, -0.1) is 0 Å². The van der Waals surface area contributed by atoms with E-state index in [4.69, 9.17) is 14.2 Å². The van der Waals surface area contributed by atoms with Gasteiger partial charge in [0.15, 0.2) is 11.5 Å². The van der Waals surface area contributed by atoms with E-state index in [0.717, 1.165) is 21.0 Å². The van der Waals surface area contributed by atoms with Gasteiger partial charge in [0.1, 0.15) is 6.54 Å². The Labute approximate surface area is 212 Å². The van der Waals surface area contributed by atoms with E-state index in [0.29, 0.717) is 24.7 Å². The Bertz CT molecular complexity index is 1260. The Morgan fingerprint density at radius 3 is 2.19 bits per heavy atom. The van der Waals surface area contributed by atoms with E-state index in [2.05, 4.69) is 5.32 Å². The van der Waals surface area contributed by atoms with Crippen LogP contribution in [0.5, 0.6) is 11.5 Å². The summed E-state index contributed by atoms with van der Waals surface area (Å²) in [5.74, 6) is 0.239. The molecule has 0 spiro atoms. The third kappa shape index (κ3) is 6.99. The lowest BCUT2D eigenvalue weighted by molar-refractivity contribution is -0.119. The summed E-state index contributed by atoms with van der Waals surface area (Å²) < 4.78 is 44.7. The molecule has 1 amide bonds. The molecule has 0 saturated heterocycles. The quantitative estimate of drug-likeness (QED) is 0.371. The number of hydrogen-bond acceptors (Lipinski definition) is 6. The molecule has 0 saturated carbocycles. The number of benzene rings is 3. The van der Waals surface area contributed by atoms with Crippen molar-refractivity contribution in [1.29, 1.82) is 0 Å². The number of anilines is 1. The van der Waals surface area contributed by atoms with Crippen LogP contribution in [0.1, 0.15) is 16.7 Å². The molecule has 0 atom stereocenters. The van der Waals surface area contributed by atoms with Crippen molar-refractivity contribution in [2.24, 2.45) is 0 Å². The van der Waals surface area contributed by atoms with Crippen molar-refractivity contribution in [3.05, 3.63) is 83.4 Å². The number of carbonyl (C=O) groups is 1. The number of carbonyl (C=O) groups excluding carboxylic acids is 1. The highest BCUT2D eigenvalue weighted by Crippen LogP contribution is 2.32. The largest absolute Gasteiger partial charge is 0.493 e. The molecule has 0 aliphatic heterocycles. The van der Waals surface area contributed by atoms with Crippen LogP contribution in [-0.4, -0.2) is 48.2 Å². The second-order valence-electron chi connectivity index (χ2n) is 8.26. The molecule has 0 unspecified atom stereocenters. The number of nitrogens with one attached hydrogen (secondary N) is 1. The van der Waals surface area contributed by atoms with Crippen molar-refractivity contribution >= 4 is 21.6 Å². The summed E-state index contributed by atoms with van der Waals surface area (Å²) in [6, 6.07) is 19.5. The second-order valence-corrected chi connectivity index (χ2v) is 10.1. The number of aryl methyl sites for hydroxylation is 2. The molecule has 0 heterocycles. The molecule has 0 aromatic heterocycles. The van der Waals surface area contributed by atoms with Crippen molar-refractivity contribution in [2.45, 2.75) is 25.3 Å². The number of nitrogens with zero attached hydrogens (tertiary/aromatic N) is 1. The van der Waals surface area contributed by atoms with Gasteiger partial charge in [-0.25, -0.2) is 8.42 Å². The van der Waals surface area contributed by atoms with Crippen LogP contribution in [0.2, 0.25) is 0 Å². The summed E-state index contributed by atoms with van der Waals surface area (Å²) in [6.07, 6.45) is 0. The average Bonchev–Trinajstić information content (AvgIpc) is 2.86. The highest BCUT2D eigenvalue weighted by atomic mass is 32.2. The molecule has 0 bridgehead atoms. The van der Waals surface area contributed by atoms with E-state index in [1.165, 1.54) is 32.4 Å². The van der Waals surface area contributed by atoms with Crippen LogP contribution in [-0.2, 0) is 26.2 Å². The van der Waals surface area contributed by atoms with Crippen LogP contribution in [0.25, 0.3) is 0 Å². The fourth-order valence-corrected chi connectivity index (χ4v) is 5.15. The van der Waals surface area contributed by atoms with E-state index >= 15 is 0 Å². The standard InChI is InChI=1S/C27H32N2O6S/c1-20-14-21(2)16-23(15-20)29(36(31,32)24-10-11-25(33-3)26(17-24)34-4)18-27(30)28-12-13-35-19-22-8-6-5-7-9-22/h5-11,14-17H,12-13,18-19H2,1-4H3,(H,28,30). The van der Waals surface area contributed by atoms with E-state index in [-0.39, 0.29) is 17.2 Å². The average molecular weight is 513 g/mol. The smallest absolute Gasteiger partial charge is 0.264 e. The summed E-state index contributed by atoms with van der Waals surface area (Å²) in [5.41, 5.74) is 3.20. The molecule has 0 radical (unpaired) electrons. The molecule has 1 N–H and O–H groups in total. The first-order valence-corrected chi connectivity index (χ1v) is 12.9. The third-order valence-corrected chi connectivity index (χ3v) is 7.17. The molecular weight excluding hydrogens is 480 g/mol. The van der Waals surface area contributed by atoms with Gasteiger partial charge in [0.25, 0.3) is 10.0 Å². The first-order chi connectivity index (χ1) is 17.2. The summed E-state index contributed by atoms with van der Waals surface area (Å²) in [5, 5.41) is 2.75. The van der Waals surface area contributed by atoms with Gasteiger partial charge in [-0.05, 0) is 54.8 Å². The normalized spacial score (nSPS) is 11.1. The lowest BCUT2D eigenvalue weighted by Gasteiger charge is -2.25. The zero-order valence-electron chi connectivity index (χ0n) is 21.0. The Balaban J connectivity index is 1.77. The topological polar surface area (TPSA) is 94.2 Å². The fourth-order valence-electron chi connectivity index (χ4n) is 3.73. The third-order valence-electron chi connectivity index (χ3n) is 5.40. The minimum atomic E-state index is -4.11. The van der Waals surface area contributed by atoms with Crippen molar-refractivity contribution in [3.63, 3.8) is 0 Å². The molecule has 3 rings (SSSR count). The lowest BCUT2D eigenvalue weighted by atomic mass is 10.1. The molecular formula is C27H32N2O6S. The van der Waals surface area contributed by atoms with Gasteiger partial charge in [-0.2, -0.15) is 0 Å². The zero-order chi connectivity index (χ0) is 26.1. The summed E-state index contributed by atoms with van der Waals surface area (Å²) in [7, 11) is -1.20. The molecule has 0 aliphatic rings. The predicted octanol–water partition coefficient (Wildman–Crippen LogP) is 3.85. The Hall–Kier alpha value is -3.56.